The van der Waals surface area contributed by atoms with Gasteiger partial charge in [0.2, 0.25) is 0 Å². The van der Waals surface area contributed by atoms with Crippen LogP contribution in [0, 0.1) is 0 Å². The van der Waals surface area contributed by atoms with Gasteiger partial charge in [-0.1, -0.05) is 39.8 Å². The van der Waals surface area contributed by atoms with Crippen molar-refractivity contribution >= 4 is 5.78 Å². The summed E-state index contributed by atoms with van der Waals surface area (Å²) in [6.45, 7) is 10.2. The summed E-state index contributed by atoms with van der Waals surface area (Å²) in [6.07, 6.45) is 0.533. The monoisotopic (exact) mass is 248 g/mol. The zero-order valence-electron chi connectivity index (χ0n) is 12.3. The lowest BCUT2D eigenvalue weighted by Crippen LogP contribution is -2.21. The molecule has 0 aliphatic heterocycles. The first-order valence-electron chi connectivity index (χ1n) is 6.46. The molecule has 100 valence electrons. The molecule has 0 radical (unpaired) electrons. The summed E-state index contributed by atoms with van der Waals surface area (Å²) in [7, 11) is 1.68. The fraction of sp³-hybridized carbons (Fsp3) is 0.562. The van der Waals surface area contributed by atoms with E-state index in [4.69, 9.17) is 4.74 Å². The van der Waals surface area contributed by atoms with Crippen LogP contribution in [0.1, 0.15) is 58.1 Å². The maximum atomic E-state index is 11.4. The van der Waals surface area contributed by atoms with Crippen LogP contribution in [0.4, 0.5) is 0 Å². The zero-order chi connectivity index (χ0) is 13.9. The number of Topliss-reactive ketones (excluding diaryl/α,β-unsaturated/α-hetero) is 1. The van der Waals surface area contributed by atoms with Gasteiger partial charge in [0.25, 0.3) is 0 Å². The molecule has 0 saturated heterocycles. The molecule has 0 amide bonds. The summed E-state index contributed by atoms with van der Waals surface area (Å²) in [4.78, 5) is 11.4. The minimum atomic E-state index is -0.192. The minimum Gasteiger partial charge on any atom is -0.496 e. The first-order chi connectivity index (χ1) is 8.27. The summed E-state index contributed by atoms with van der Waals surface area (Å²) in [6, 6.07) is 6.27. The molecule has 0 aromatic heterocycles. The number of ketones is 1. The highest BCUT2D eigenvalue weighted by Gasteiger charge is 2.26. The SMILES string of the molecule is COc1ccc(C(C)C)cc1C(C)(C)CC(C)=O. The van der Waals surface area contributed by atoms with Gasteiger partial charge in [0, 0.05) is 17.4 Å². The smallest absolute Gasteiger partial charge is 0.130 e. The van der Waals surface area contributed by atoms with Crippen molar-refractivity contribution in [2.75, 3.05) is 7.11 Å². The van der Waals surface area contributed by atoms with Crippen LogP contribution in [0.5, 0.6) is 5.75 Å². The Labute approximate surface area is 110 Å². The summed E-state index contributed by atoms with van der Waals surface area (Å²) in [5.74, 6) is 1.55. The molecular formula is C16H24O2. The van der Waals surface area contributed by atoms with Crippen LogP contribution in [-0.2, 0) is 10.2 Å². The van der Waals surface area contributed by atoms with Gasteiger partial charge < -0.3 is 4.74 Å². The van der Waals surface area contributed by atoms with Gasteiger partial charge in [0.05, 0.1) is 7.11 Å². The average molecular weight is 248 g/mol. The van der Waals surface area contributed by atoms with E-state index in [1.54, 1.807) is 14.0 Å². The molecule has 1 aromatic rings. The Hall–Kier alpha value is -1.31. The number of rotatable bonds is 5. The number of methoxy groups -OCH3 is 1. The van der Waals surface area contributed by atoms with Gasteiger partial charge in [-0.05, 0) is 24.5 Å². The predicted molar refractivity (Wildman–Crippen MR) is 75.4 cm³/mol. The lowest BCUT2D eigenvalue weighted by Gasteiger charge is -2.27. The van der Waals surface area contributed by atoms with Crippen LogP contribution in [0.3, 0.4) is 0 Å². The standard InChI is InChI=1S/C16H24O2/c1-11(2)13-7-8-15(18-6)14(9-13)16(4,5)10-12(3)17/h7-9,11H,10H2,1-6H3. The number of carbonyl (C=O) groups excluding carboxylic acids is 1. The molecule has 18 heavy (non-hydrogen) atoms. The van der Waals surface area contributed by atoms with Crippen molar-refractivity contribution in [2.45, 2.75) is 52.4 Å². The average Bonchev–Trinajstić information content (AvgIpc) is 2.26. The zero-order valence-corrected chi connectivity index (χ0v) is 12.3. The van der Waals surface area contributed by atoms with Gasteiger partial charge >= 0.3 is 0 Å². The second-order valence-corrected chi connectivity index (χ2v) is 5.88. The molecule has 2 nitrogen and oxygen atoms in total. The lowest BCUT2D eigenvalue weighted by atomic mass is 9.78. The minimum absolute atomic E-state index is 0.192. The van der Waals surface area contributed by atoms with Crippen molar-refractivity contribution in [3.63, 3.8) is 0 Å². The molecular weight excluding hydrogens is 224 g/mol. The summed E-state index contributed by atoms with van der Waals surface area (Å²) in [5.41, 5.74) is 2.20. The van der Waals surface area contributed by atoms with Gasteiger partial charge in [0.15, 0.2) is 0 Å². The van der Waals surface area contributed by atoms with E-state index < -0.39 is 0 Å². The maximum Gasteiger partial charge on any atom is 0.130 e. The molecule has 0 N–H and O–H groups in total. The molecule has 0 aliphatic carbocycles. The molecule has 1 rings (SSSR count). The number of hydrogen-bond donors (Lipinski definition) is 0. The Morgan fingerprint density at radius 1 is 1.33 bits per heavy atom. The van der Waals surface area contributed by atoms with Crippen LogP contribution in [0.25, 0.3) is 0 Å². The van der Waals surface area contributed by atoms with Crippen molar-refractivity contribution < 1.29 is 9.53 Å². The second kappa shape index (κ2) is 5.55. The fourth-order valence-corrected chi connectivity index (χ4v) is 2.33. The van der Waals surface area contributed by atoms with E-state index in [0.717, 1.165) is 11.3 Å². The Kier molecular flexibility index (Phi) is 4.55. The first kappa shape index (κ1) is 14.7. The highest BCUT2D eigenvalue weighted by molar-refractivity contribution is 5.77. The summed E-state index contributed by atoms with van der Waals surface area (Å²) in [5, 5.41) is 0. The molecule has 0 heterocycles. The van der Waals surface area contributed by atoms with Gasteiger partial charge in [-0.3, -0.25) is 4.79 Å². The third kappa shape index (κ3) is 3.34. The van der Waals surface area contributed by atoms with Crippen molar-refractivity contribution in [1.82, 2.24) is 0 Å². The third-order valence-electron chi connectivity index (χ3n) is 3.31. The predicted octanol–water partition coefficient (Wildman–Crippen LogP) is 4.08. The first-order valence-corrected chi connectivity index (χ1v) is 6.46. The quantitative estimate of drug-likeness (QED) is 0.785. The summed E-state index contributed by atoms with van der Waals surface area (Å²) >= 11 is 0. The molecule has 0 saturated carbocycles. The molecule has 0 atom stereocenters. The van der Waals surface area contributed by atoms with Gasteiger partial charge in [-0.2, -0.15) is 0 Å². The number of ether oxygens (including phenoxy) is 1. The highest BCUT2D eigenvalue weighted by atomic mass is 16.5. The molecule has 0 bridgehead atoms. The molecule has 1 aromatic carbocycles. The van der Waals surface area contributed by atoms with Crippen molar-refractivity contribution in [3.05, 3.63) is 29.3 Å². The number of benzene rings is 1. The van der Waals surface area contributed by atoms with E-state index in [0.29, 0.717) is 12.3 Å². The number of hydrogen-bond acceptors (Lipinski definition) is 2. The molecule has 0 fully saturated rings. The van der Waals surface area contributed by atoms with E-state index in [1.165, 1.54) is 5.56 Å². The topological polar surface area (TPSA) is 26.3 Å². The summed E-state index contributed by atoms with van der Waals surface area (Å²) < 4.78 is 5.44. The van der Waals surface area contributed by atoms with Gasteiger partial charge in [-0.25, -0.2) is 0 Å². The molecule has 2 heteroatoms. The van der Waals surface area contributed by atoms with E-state index >= 15 is 0 Å². The Morgan fingerprint density at radius 2 is 1.94 bits per heavy atom. The van der Waals surface area contributed by atoms with Gasteiger partial charge in [-0.15, -0.1) is 0 Å². The van der Waals surface area contributed by atoms with E-state index in [1.807, 2.05) is 6.07 Å². The Morgan fingerprint density at radius 3 is 2.39 bits per heavy atom. The Bertz CT molecular complexity index is 431. The largest absolute Gasteiger partial charge is 0.496 e. The number of carbonyl (C=O) groups is 1. The van der Waals surface area contributed by atoms with Crippen molar-refractivity contribution in [2.24, 2.45) is 0 Å². The van der Waals surface area contributed by atoms with Crippen LogP contribution >= 0.6 is 0 Å². The second-order valence-electron chi connectivity index (χ2n) is 5.88. The van der Waals surface area contributed by atoms with E-state index in [9.17, 15) is 4.79 Å². The Balaban J connectivity index is 3.26. The van der Waals surface area contributed by atoms with Crippen LogP contribution < -0.4 is 4.74 Å². The molecule has 0 spiro atoms. The van der Waals surface area contributed by atoms with Crippen molar-refractivity contribution in [3.8, 4) is 5.75 Å². The van der Waals surface area contributed by atoms with Crippen LogP contribution in [-0.4, -0.2) is 12.9 Å². The normalized spacial score (nSPS) is 11.7. The highest BCUT2D eigenvalue weighted by Crippen LogP contribution is 2.36. The fourth-order valence-electron chi connectivity index (χ4n) is 2.33. The lowest BCUT2D eigenvalue weighted by molar-refractivity contribution is -0.118. The maximum absolute atomic E-state index is 11.4. The van der Waals surface area contributed by atoms with Crippen molar-refractivity contribution in [1.29, 1.82) is 0 Å². The molecule has 0 unspecified atom stereocenters. The van der Waals surface area contributed by atoms with E-state index in [2.05, 4.69) is 39.8 Å². The van der Waals surface area contributed by atoms with E-state index in [-0.39, 0.29) is 11.2 Å². The van der Waals surface area contributed by atoms with Crippen LogP contribution in [0.2, 0.25) is 0 Å². The van der Waals surface area contributed by atoms with Gasteiger partial charge in [0.1, 0.15) is 11.5 Å². The molecule has 0 aliphatic rings. The van der Waals surface area contributed by atoms with Crippen LogP contribution in [0.15, 0.2) is 18.2 Å². The third-order valence-corrected chi connectivity index (χ3v) is 3.31.